The van der Waals surface area contributed by atoms with Crippen LogP contribution in [0, 0.1) is 0 Å². The maximum atomic E-state index is 12.0. The largest absolute Gasteiger partial charge is 0.496 e. The number of methoxy groups -OCH3 is 1. The summed E-state index contributed by atoms with van der Waals surface area (Å²) in [5, 5.41) is 15.8. The van der Waals surface area contributed by atoms with Crippen LogP contribution in [0.1, 0.15) is 33.2 Å². The summed E-state index contributed by atoms with van der Waals surface area (Å²) in [6.07, 6.45) is 3.76. The summed E-state index contributed by atoms with van der Waals surface area (Å²) in [5.74, 6) is -0.695. The molecule has 0 radical (unpaired) electrons. The van der Waals surface area contributed by atoms with Crippen LogP contribution in [0.15, 0.2) is 30.6 Å². The fraction of sp³-hybridized carbons (Fsp3) is 0.312. The Morgan fingerprint density at radius 1 is 1.35 bits per heavy atom. The predicted octanol–water partition coefficient (Wildman–Crippen LogP) is 1.58. The number of nitrogens with zero attached hydrogens (tertiary/aromatic N) is 2. The normalized spacial score (nSPS) is 10.3. The number of amides is 1. The van der Waals surface area contributed by atoms with Gasteiger partial charge in [-0.05, 0) is 31.0 Å². The molecule has 23 heavy (non-hydrogen) atoms. The van der Waals surface area contributed by atoms with Crippen LogP contribution in [0.4, 0.5) is 0 Å². The van der Waals surface area contributed by atoms with Crippen LogP contribution < -0.4 is 10.1 Å². The molecule has 0 spiro atoms. The number of nitrogens with one attached hydrogen (secondary N) is 1. The highest BCUT2D eigenvalue weighted by Crippen LogP contribution is 2.20. The van der Waals surface area contributed by atoms with Gasteiger partial charge < -0.3 is 15.2 Å². The van der Waals surface area contributed by atoms with E-state index in [0.29, 0.717) is 30.8 Å². The van der Waals surface area contributed by atoms with Crippen molar-refractivity contribution in [2.75, 3.05) is 13.7 Å². The number of aromatic carboxylic acids is 1. The first kappa shape index (κ1) is 16.5. The minimum atomic E-state index is -1.00. The number of carboxylic acid groups (broad SMARTS) is 1. The molecule has 0 unspecified atom stereocenters. The lowest BCUT2D eigenvalue weighted by atomic mass is 10.1. The van der Waals surface area contributed by atoms with E-state index in [1.165, 1.54) is 25.4 Å². The summed E-state index contributed by atoms with van der Waals surface area (Å²) in [6.45, 7) is 3.07. The average Bonchev–Trinajstić information content (AvgIpc) is 3.04. The highest BCUT2D eigenvalue weighted by Gasteiger charge is 2.11. The fourth-order valence-corrected chi connectivity index (χ4v) is 2.15. The topological polar surface area (TPSA) is 93.5 Å². The van der Waals surface area contributed by atoms with E-state index < -0.39 is 5.97 Å². The first-order valence-corrected chi connectivity index (χ1v) is 7.26. The van der Waals surface area contributed by atoms with Crippen LogP contribution in [0.3, 0.4) is 0 Å². The molecule has 1 amide bonds. The number of carbonyl (C=O) groups excluding carboxylic acids is 1. The molecule has 0 saturated heterocycles. The van der Waals surface area contributed by atoms with Gasteiger partial charge in [0.25, 0.3) is 5.91 Å². The number of benzene rings is 1. The molecule has 1 aromatic heterocycles. The van der Waals surface area contributed by atoms with Gasteiger partial charge in [0.05, 0.1) is 24.4 Å². The molecule has 1 heterocycles. The highest BCUT2D eigenvalue weighted by molar-refractivity contribution is 5.93. The number of carbonyl (C=O) groups is 2. The molecule has 2 rings (SSSR count). The van der Waals surface area contributed by atoms with Crippen molar-refractivity contribution >= 4 is 11.9 Å². The Labute approximate surface area is 133 Å². The summed E-state index contributed by atoms with van der Waals surface area (Å²) < 4.78 is 6.89. The minimum absolute atomic E-state index is 0.168. The summed E-state index contributed by atoms with van der Waals surface area (Å²) in [6, 6.07) is 4.70. The van der Waals surface area contributed by atoms with Crippen LogP contribution >= 0.6 is 0 Å². The standard InChI is InChI=1S/C16H19N3O4/c1-3-19-10-13(9-18-19)15(20)17-7-6-11-4-5-12(16(21)22)8-14(11)23-2/h4-5,8-10H,3,6-7H2,1-2H3,(H,17,20)(H,21,22). The van der Waals surface area contributed by atoms with Crippen LogP contribution in [0.25, 0.3) is 0 Å². The second-order valence-electron chi connectivity index (χ2n) is 4.92. The summed E-state index contributed by atoms with van der Waals surface area (Å²) >= 11 is 0. The predicted molar refractivity (Wildman–Crippen MR) is 83.9 cm³/mol. The Kier molecular flexibility index (Phi) is 5.35. The molecular formula is C16H19N3O4. The molecule has 2 aromatic rings. The highest BCUT2D eigenvalue weighted by atomic mass is 16.5. The fourth-order valence-electron chi connectivity index (χ4n) is 2.15. The van der Waals surface area contributed by atoms with E-state index in [1.54, 1.807) is 16.9 Å². The van der Waals surface area contributed by atoms with Crippen LogP contribution in [0.5, 0.6) is 5.75 Å². The lowest BCUT2D eigenvalue weighted by molar-refractivity contribution is 0.0696. The summed E-state index contributed by atoms with van der Waals surface area (Å²) in [5.41, 5.74) is 1.52. The number of ether oxygens (including phenoxy) is 1. The van der Waals surface area contributed by atoms with Crippen molar-refractivity contribution in [2.24, 2.45) is 0 Å². The third-order valence-corrected chi connectivity index (χ3v) is 3.43. The first-order valence-electron chi connectivity index (χ1n) is 7.26. The van der Waals surface area contributed by atoms with Gasteiger partial charge in [0.1, 0.15) is 5.75 Å². The number of aryl methyl sites for hydroxylation is 1. The van der Waals surface area contributed by atoms with Crippen molar-refractivity contribution < 1.29 is 19.4 Å². The molecule has 0 saturated carbocycles. The van der Waals surface area contributed by atoms with Gasteiger partial charge in [-0.2, -0.15) is 5.10 Å². The van der Waals surface area contributed by atoms with E-state index in [1.807, 2.05) is 6.92 Å². The van der Waals surface area contributed by atoms with E-state index in [-0.39, 0.29) is 11.5 Å². The van der Waals surface area contributed by atoms with E-state index in [4.69, 9.17) is 9.84 Å². The van der Waals surface area contributed by atoms with Gasteiger partial charge in [-0.15, -0.1) is 0 Å². The Bertz CT molecular complexity index is 709. The Balaban J connectivity index is 1.95. The molecule has 0 fully saturated rings. The average molecular weight is 317 g/mol. The molecule has 0 aliphatic heterocycles. The molecule has 0 atom stereocenters. The zero-order valence-corrected chi connectivity index (χ0v) is 13.1. The van der Waals surface area contributed by atoms with Crippen molar-refractivity contribution in [3.05, 3.63) is 47.3 Å². The van der Waals surface area contributed by atoms with Crippen LogP contribution in [0.2, 0.25) is 0 Å². The number of hydrogen-bond acceptors (Lipinski definition) is 4. The van der Waals surface area contributed by atoms with Crippen molar-refractivity contribution in [3.63, 3.8) is 0 Å². The van der Waals surface area contributed by atoms with Gasteiger partial charge in [-0.1, -0.05) is 6.07 Å². The third kappa shape index (κ3) is 4.09. The van der Waals surface area contributed by atoms with Crippen LogP contribution in [-0.4, -0.2) is 40.4 Å². The minimum Gasteiger partial charge on any atom is -0.496 e. The van der Waals surface area contributed by atoms with Crippen molar-refractivity contribution in [1.29, 1.82) is 0 Å². The third-order valence-electron chi connectivity index (χ3n) is 3.43. The second kappa shape index (κ2) is 7.44. The number of aromatic nitrogens is 2. The Hall–Kier alpha value is -2.83. The number of hydrogen-bond donors (Lipinski definition) is 2. The molecule has 7 nitrogen and oxygen atoms in total. The van der Waals surface area contributed by atoms with E-state index in [2.05, 4.69) is 10.4 Å². The smallest absolute Gasteiger partial charge is 0.335 e. The molecule has 7 heteroatoms. The van der Waals surface area contributed by atoms with Crippen molar-refractivity contribution in [2.45, 2.75) is 19.9 Å². The summed E-state index contributed by atoms with van der Waals surface area (Å²) in [4.78, 5) is 22.9. The summed E-state index contributed by atoms with van der Waals surface area (Å²) in [7, 11) is 1.49. The monoisotopic (exact) mass is 317 g/mol. The maximum Gasteiger partial charge on any atom is 0.335 e. The van der Waals surface area contributed by atoms with Crippen molar-refractivity contribution in [1.82, 2.24) is 15.1 Å². The van der Waals surface area contributed by atoms with Gasteiger partial charge >= 0.3 is 5.97 Å². The SMILES string of the molecule is CCn1cc(C(=O)NCCc2ccc(C(=O)O)cc2OC)cn1. The van der Waals surface area contributed by atoms with Gasteiger partial charge in [0, 0.05) is 19.3 Å². The molecule has 0 aliphatic carbocycles. The maximum absolute atomic E-state index is 12.0. The van der Waals surface area contributed by atoms with E-state index in [9.17, 15) is 9.59 Å². The van der Waals surface area contributed by atoms with Crippen LogP contribution in [-0.2, 0) is 13.0 Å². The van der Waals surface area contributed by atoms with E-state index >= 15 is 0 Å². The van der Waals surface area contributed by atoms with E-state index in [0.717, 1.165) is 5.56 Å². The molecule has 0 bridgehead atoms. The van der Waals surface area contributed by atoms with Gasteiger partial charge in [0.15, 0.2) is 0 Å². The molecule has 122 valence electrons. The first-order chi connectivity index (χ1) is 11.0. The molecular weight excluding hydrogens is 298 g/mol. The zero-order chi connectivity index (χ0) is 16.8. The number of rotatable bonds is 7. The van der Waals surface area contributed by atoms with Gasteiger partial charge in [0.2, 0.25) is 0 Å². The van der Waals surface area contributed by atoms with Crippen molar-refractivity contribution in [3.8, 4) is 5.75 Å². The molecule has 2 N–H and O–H groups in total. The Morgan fingerprint density at radius 2 is 2.13 bits per heavy atom. The lowest BCUT2D eigenvalue weighted by Crippen LogP contribution is -2.25. The molecule has 1 aromatic carbocycles. The molecule has 0 aliphatic rings. The lowest BCUT2D eigenvalue weighted by Gasteiger charge is -2.10. The van der Waals surface area contributed by atoms with Gasteiger partial charge in [-0.25, -0.2) is 4.79 Å². The zero-order valence-electron chi connectivity index (χ0n) is 13.1. The number of carboxylic acids is 1. The second-order valence-corrected chi connectivity index (χ2v) is 4.92. The quantitative estimate of drug-likeness (QED) is 0.808. The van der Waals surface area contributed by atoms with Gasteiger partial charge in [-0.3, -0.25) is 9.48 Å². The Morgan fingerprint density at radius 3 is 2.74 bits per heavy atom.